The molecule has 7 heteroatoms. The highest BCUT2D eigenvalue weighted by atomic mass is 35.5. The van der Waals surface area contributed by atoms with Gasteiger partial charge in [-0.1, -0.05) is 67.4 Å². The van der Waals surface area contributed by atoms with Crippen molar-refractivity contribution in [3.05, 3.63) is 74.7 Å². The van der Waals surface area contributed by atoms with E-state index in [0.717, 1.165) is 21.8 Å². The number of anilines is 1. The molecular formula is C21H20Cl2N2O2S. The van der Waals surface area contributed by atoms with Gasteiger partial charge in [0, 0.05) is 17.5 Å². The molecule has 0 spiro atoms. The summed E-state index contributed by atoms with van der Waals surface area (Å²) >= 11 is 13.7. The predicted octanol–water partition coefficient (Wildman–Crippen LogP) is 6.18. The van der Waals surface area contributed by atoms with Crippen LogP contribution in [-0.2, 0) is 11.2 Å². The van der Waals surface area contributed by atoms with Crippen LogP contribution < -0.4 is 10.1 Å². The number of ether oxygens (including phenoxy) is 1. The van der Waals surface area contributed by atoms with Crippen LogP contribution in [0.4, 0.5) is 5.13 Å². The third-order valence-electron chi connectivity index (χ3n) is 4.10. The summed E-state index contributed by atoms with van der Waals surface area (Å²) in [4.78, 5) is 17.5. The number of halogens is 2. The van der Waals surface area contributed by atoms with E-state index in [2.05, 4.69) is 24.1 Å². The first kappa shape index (κ1) is 20.6. The van der Waals surface area contributed by atoms with E-state index in [1.807, 2.05) is 36.4 Å². The molecule has 0 aliphatic heterocycles. The van der Waals surface area contributed by atoms with Crippen molar-refractivity contribution in [2.45, 2.75) is 26.2 Å². The summed E-state index contributed by atoms with van der Waals surface area (Å²) in [6, 6.07) is 13.3. The number of carbonyl (C=O) groups is 1. The molecule has 0 saturated carbocycles. The van der Waals surface area contributed by atoms with Crippen LogP contribution in [0, 0.1) is 0 Å². The van der Waals surface area contributed by atoms with Crippen LogP contribution in [0.25, 0.3) is 0 Å². The van der Waals surface area contributed by atoms with Gasteiger partial charge < -0.3 is 4.74 Å². The van der Waals surface area contributed by atoms with Gasteiger partial charge in [-0.05, 0) is 29.2 Å². The molecule has 0 radical (unpaired) electrons. The van der Waals surface area contributed by atoms with E-state index < -0.39 is 0 Å². The van der Waals surface area contributed by atoms with Gasteiger partial charge in [0.25, 0.3) is 5.91 Å². The fraction of sp³-hybridized carbons (Fsp3) is 0.238. The van der Waals surface area contributed by atoms with Gasteiger partial charge in [-0.25, -0.2) is 4.98 Å². The first-order chi connectivity index (χ1) is 13.4. The third kappa shape index (κ3) is 5.25. The molecule has 0 aliphatic carbocycles. The molecule has 1 N–H and O–H groups in total. The number of hydrogen-bond acceptors (Lipinski definition) is 4. The summed E-state index contributed by atoms with van der Waals surface area (Å²) in [5.41, 5.74) is 1.99. The van der Waals surface area contributed by atoms with Gasteiger partial charge in [0.15, 0.2) is 11.7 Å². The number of aromatic nitrogens is 1. The lowest BCUT2D eigenvalue weighted by molar-refractivity contribution is -0.118. The molecular weight excluding hydrogens is 415 g/mol. The number of para-hydroxylation sites is 1. The highest BCUT2D eigenvalue weighted by Gasteiger charge is 2.12. The molecule has 0 bridgehead atoms. The zero-order chi connectivity index (χ0) is 20.1. The minimum absolute atomic E-state index is 0.0707. The van der Waals surface area contributed by atoms with Crippen LogP contribution in [0.1, 0.15) is 35.8 Å². The molecule has 1 heterocycles. The Balaban J connectivity index is 1.58. The molecule has 0 saturated heterocycles. The van der Waals surface area contributed by atoms with E-state index in [4.69, 9.17) is 27.9 Å². The van der Waals surface area contributed by atoms with E-state index in [9.17, 15) is 4.79 Å². The number of thiazole rings is 1. The first-order valence-corrected chi connectivity index (χ1v) is 10.4. The number of nitrogens with zero attached hydrogens (tertiary/aromatic N) is 1. The maximum Gasteiger partial charge on any atom is 0.264 e. The highest BCUT2D eigenvalue weighted by molar-refractivity contribution is 7.15. The van der Waals surface area contributed by atoms with Gasteiger partial charge in [-0.15, -0.1) is 11.3 Å². The largest absolute Gasteiger partial charge is 0.483 e. The standard InChI is InChI=1S/C21H20Cl2N2O2S/c1-13(2)16-7-3-4-9-18(16)27-12-19(26)25-21-24-11-15(28-21)10-14-6-5-8-17(22)20(14)23/h3-9,11,13H,10,12H2,1-2H3,(H,24,25,26). The first-order valence-electron chi connectivity index (χ1n) is 8.83. The van der Waals surface area contributed by atoms with Crippen molar-refractivity contribution in [2.75, 3.05) is 11.9 Å². The molecule has 28 heavy (non-hydrogen) atoms. The maximum atomic E-state index is 12.2. The van der Waals surface area contributed by atoms with E-state index >= 15 is 0 Å². The van der Waals surface area contributed by atoms with Crippen molar-refractivity contribution < 1.29 is 9.53 Å². The molecule has 3 aromatic rings. The molecule has 146 valence electrons. The molecule has 0 atom stereocenters. The second kappa shape index (κ2) is 9.41. The van der Waals surface area contributed by atoms with Crippen molar-refractivity contribution >= 4 is 45.6 Å². The van der Waals surface area contributed by atoms with Crippen LogP contribution in [0.2, 0.25) is 10.0 Å². The molecule has 3 rings (SSSR count). The maximum absolute atomic E-state index is 12.2. The number of hydrogen-bond donors (Lipinski definition) is 1. The number of carbonyl (C=O) groups excluding carboxylic acids is 1. The molecule has 0 aliphatic rings. The Morgan fingerprint density at radius 2 is 1.96 bits per heavy atom. The van der Waals surface area contributed by atoms with Gasteiger partial charge in [0.05, 0.1) is 10.0 Å². The zero-order valence-electron chi connectivity index (χ0n) is 15.5. The highest BCUT2D eigenvalue weighted by Crippen LogP contribution is 2.30. The fourth-order valence-corrected chi connectivity index (χ4v) is 3.95. The zero-order valence-corrected chi connectivity index (χ0v) is 17.9. The predicted molar refractivity (Wildman–Crippen MR) is 116 cm³/mol. The Kier molecular flexibility index (Phi) is 6.94. The van der Waals surface area contributed by atoms with E-state index in [1.165, 1.54) is 11.3 Å². The van der Waals surface area contributed by atoms with Crippen LogP contribution in [0.15, 0.2) is 48.7 Å². The quantitative estimate of drug-likeness (QED) is 0.482. The Hall–Kier alpha value is -2.08. The van der Waals surface area contributed by atoms with Crippen molar-refractivity contribution in [1.29, 1.82) is 0 Å². The number of nitrogens with one attached hydrogen (secondary N) is 1. The summed E-state index contributed by atoms with van der Waals surface area (Å²) in [6.07, 6.45) is 2.33. The lowest BCUT2D eigenvalue weighted by Gasteiger charge is -2.13. The SMILES string of the molecule is CC(C)c1ccccc1OCC(=O)Nc1ncc(Cc2cccc(Cl)c2Cl)s1. The van der Waals surface area contributed by atoms with Crippen LogP contribution in [0.5, 0.6) is 5.75 Å². The summed E-state index contributed by atoms with van der Waals surface area (Å²) in [5.74, 6) is 0.794. The van der Waals surface area contributed by atoms with Crippen LogP contribution in [-0.4, -0.2) is 17.5 Å². The minimum Gasteiger partial charge on any atom is -0.483 e. The number of rotatable bonds is 7. The second-order valence-electron chi connectivity index (χ2n) is 6.55. The Labute approximate surface area is 178 Å². The van der Waals surface area contributed by atoms with Gasteiger partial charge >= 0.3 is 0 Å². The number of benzene rings is 2. The van der Waals surface area contributed by atoms with E-state index in [0.29, 0.717) is 27.5 Å². The molecule has 0 fully saturated rings. The van der Waals surface area contributed by atoms with E-state index in [-0.39, 0.29) is 12.5 Å². The summed E-state index contributed by atoms with van der Waals surface area (Å²) in [7, 11) is 0. The summed E-state index contributed by atoms with van der Waals surface area (Å²) in [6.45, 7) is 4.11. The number of amides is 1. The van der Waals surface area contributed by atoms with Gasteiger partial charge in [0.1, 0.15) is 5.75 Å². The Morgan fingerprint density at radius 3 is 2.75 bits per heavy atom. The van der Waals surface area contributed by atoms with Crippen molar-refractivity contribution in [2.24, 2.45) is 0 Å². The fourth-order valence-electron chi connectivity index (χ4n) is 2.71. The van der Waals surface area contributed by atoms with E-state index in [1.54, 1.807) is 12.3 Å². The lowest BCUT2D eigenvalue weighted by Crippen LogP contribution is -2.20. The van der Waals surface area contributed by atoms with Crippen LogP contribution >= 0.6 is 34.5 Å². The van der Waals surface area contributed by atoms with Gasteiger partial charge in [-0.3, -0.25) is 10.1 Å². The van der Waals surface area contributed by atoms with Gasteiger partial charge in [-0.2, -0.15) is 0 Å². The molecule has 4 nitrogen and oxygen atoms in total. The minimum atomic E-state index is -0.250. The average molecular weight is 435 g/mol. The summed E-state index contributed by atoms with van der Waals surface area (Å²) in [5, 5.41) is 4.37. The third-order valence-corrected chi connectivity index (χ3v) is 5.87. The Morgan fingerprint density at radius 1 is 1.18 bits per heavy atom. The summed E-state index contributed by atoms with van der Waals surface area (Å²) < 4.78 is 5.70. The molecule has 2 aromatic carbocycles. The monoisotopic (exact) mass is 434 g/mol. The molecule has 1 amide bonds. The topological polar surface area (TPSA) is 51.2 Å². The lowest BCUT2D eigenvalue weighted by atomic mass is 10.0. The smallest absolute Gasteiger partial charge is 0.264 e. The van der Waals surface area contributed by atoms with Crippen molar-refractivity contribution in [1.82, 2.24) is 4.98 Å². The Bertz CT molecular complexity index is 973. The van der Waals surface area contributed by atoms with Crippen molar-refractivity contribution in [3.8, 4) is 5.75 Å². The average Bonchev–Trinajstić information content (AvgIpc) is 3.10. The normalized spacial score (nSPS) is 10.9. The molecule has 1 aromatic heterocycles. The second-order valence-corrected chi connectivity index (χ2v) is 8.45. The van der Waals surface area contributed by atoms with Gasteiger partial charge in [0.2, 0.25) is 0 Å². The molecule has 0 unspecified atom stereocenters. The van der Waals surface area contributed by atoms with Crippen molar-refractivity contribution in [3.63, 3.8) is 0 Å². The van der Waals surface area contributed by atoms with Crippen LogP contribution in [0.3, 0.4) is 0 Å².